The SMILES string of the molecule is CC(Nc1nc(Cl)nc(N(C)C)n1)c1ccccc1F. The Morgan fingerprint density at radius 2 is 1.90 bits per heavy atom. The van der Waals surface area contributed by atoms with Gasteiger partial charge in [-0.2, -0.15) is 15.0 Å². The predicted molar refractivity (Wildman–Crippen MR) is 77.6 cm³/mol. The zero-order valence-corrected chi connectivity index (χ0v) is 12.2. The van der Waals surface area contributed by atoms with Gasteiger partial charge in [-0.1, -0.05) is 18.2 Å². The first-order valence-electron chi connectivity index (χ1n) is 6.07. The van der Waals surface area contributed by atoms with Crippen LogP contribution in [0.25, 0.3) is 0 Å². The third kappa shape index (κ3) is 3.33. The second-order valence-electron chi connectivity index (χ2n) is 4.51. The normalized spacial score (nSPS) is 12.1. The average Bonchev–Trinajstić information content (AvgIpc) is 2.38. The van der Waals surface area contributed by atoms with Gasteiger partial charge in [-0.05, 0) is 24.6 Å². The summed E-state index contributed by atoms with van der Waals surface area (Å²) in [7, 11) is 3.60. The first-order chi connectivity index (χ1) is 9.47. The van der Waals surface area contributed by atoms with Crippen LogP contribution in [0.2, 0.25) is 5.28 Å². The molecule has 1 aromatic carbocycles. The molecule has 0 radical (unpaired) electrons. The smallest absolute Gasteiger partial charge is 0.230 e. The Morgan fingerprint density at radius 3 is 2.55 bits per heavy atom. The van der Waals surface area contributed by atoms with Crippen molar-refractivity contribution in [3.05, 3.63) is 40.9 Å². The van der Waals surface area contributed by atoms with Crippen LogP contribution in [0.1, 0.15) is 18.5 Å². The van der Waals surface area contributed by atoms with E-state index in [-0.39, 0.29) is 17.1 Å². The lowest BCUT2D eigenvalue weighted by molar-refractivity contribution is 0.599. The van der Waals surface area contributed by atoms with E-state index < -0.39 is 0 Å². The summed E-state index contributed by atoms with van der Waals surface area (Å²) in [5.41, 5.74) is 0.537. The fourth-order valence-electron chi connectivity index (χ4n) is 1.70. The topological polar surface area (TPSA) is 53.9 Å². The summed E-state index contributed by atoms with van der Waals surface area (Å²) in [5.74, 6) is 0.471. The number of halogens is 2. The number of nitrogens with zero attached hydrogens (tertiary/aromatic N) is 4. The van der Waals surface area contributed by atoms with Gasteiger partial charge >= 0.3 is 0 Å². The van der Waals surface area contributed by atoms with E-state index >= 15 is 0 Å². The molecule has 0 aliphatic heterocycles. The molecule has 0 amide bonds. The number of hydrogen-bond acceptors (Lipinski definition) is 5. The van der Waals surface area contributed by atoms with Crippen LogP contribution in [0.3, 0.4) is 0 Å². The van der Waals surface area contributed by atoms with Gasteiger partial charge in [-0.3, -0.25) is 0 Å². The largest absolute Gasteiger partial charge is 0.347 e. The molecule has 0 fully saturated rings. The standard InChI is InChI=1S/C13H15ClFN5/c1-8(9-6-4-5-7-10(9)15)16-12-17-11(14)18-13(19-12)20(2)3/h4-8H,1-3H3,(H,16,17,18,19). The molecule has 0 aliphatic carbocycles. The van der Waals surface area contributed by atoms with Crippen LogP contribution in [0.15, 0.2) is 24.3 Å². The molecule has 0 spiro atoms. The molecule has 2 aromatic rings. The Balaban J connectivity index is 2.24. The maximum atomic E-state index is 13.7. The highest BCUT2D eigenvalue weighted by atomic mass is 35.5. The highest BCUT2D eigenvalue weighted by Gasteiger charge is 2.13. The molecule has 1 N–H and O–H groups in total. The molecule has 7 heteroatoms. The molecule has 5 nitrogen and oxygen atoms in total. The third-order valence-electron chi connectivity index (χ3n) is 2.71. The number of aromatic nitrogens is 3. The van der Waals surface area contributed by atoms with Gasteiger partial charge < -0.3 is 10.2 Å². The van der Waals surface area contributed by atoms with Crippen molar-refractivity contribution in [2.24, 2.45) is 0 Å². The summed E-state index contributed by atoms with van der Waals surface area (Å²) >= 11 is 5.85. The van der Waals surface area contributed by atoms with Crippen molar-refractivity contribution in [1.29, 1.82) is 0 Å². The quantitative estimate of drug-likeness (QED) is 0.940. The fraction of sp³-hybridized carbons (Fsp3) is 0.308. The fourth-order valence-corrected chi connectivity index (χ4v) is 1.86. The van der Waals surface area contributed by atoms with Crippen molar-refractivity contribution >= 4 is 23.5 Å². The van der Waals surface area contributed by atoms with Crippen molar-refractivity contribution in [2.45, 2.75) is 13.0 Å². The highest BCUT2D eigenvalue weighted by Crippen LogP contribution is 2.21. The predicted octanol–water partition coefficient (Wildman–Crippen LogP) is 2.90. The summed E-state index contributed by atoms with van der Waals surface area (Å²) in [6.07, 6.45) is 0. The highest BCUT2D eigenvalue weighted by molar-refractivity contribution is 6.28. The molecular weight excluding hydrogens is 281 g/mol. The van der Waals surface area contributed by atoms with Gasteiger partial charge in [0.1, 0.15) is 5.82 Å². The van der Waals surface area contributed by atoms with Gasteiger partial charge in [0.15, 0.2) is 0 Å². The van der Waals surface area contributed by atoms with Crippen molar-refractivity contribution in [2.75, 3.05) is 24.3 Å². The van der Waals surface area contributed by atoms with Crippen LogP contribution >= 0.6 is 11.6 Å². The maximum absolute atomic E-state index is 13.7. The van der Waals surface area contributed by atoms with Crippen molar-refractivity contribution in [1.82, 2.24) is 15.0 Å². The lowest BCUT2D eigenvalue weighted by Gasteiger charge is -2.16. The van der Waals surface area contributed by atoms with E-state index in [0.29, 0.717) is 17.5 Å². The second kappa shape index (κ2) is 6.00. The van der Waals surface area contributed by atoms with E-state index in [1.165, 1.54) is 6.07 Å². The lowest BCUT2D eigenvalue weighted by Crippen LogP contribution is -2.16. The number of anilines is 2. The van der Waals surface area contributed by atoms with Gasteiger partial charge in [0.25, 0.3) is 0 Å². The van der Waals surface area contributed by atoms with Gasteiger partial charge in [-0.25, -0.2) is 4.39 Å². The van der Waals surface area contributed by atoms with Gasteiger partial charge in [0.2, 0.25) is 17.2 Å². The number of rotatable bonds is 4. The third-order valence-corrected chi connectivity index (χ3v) is 2.88. The molecular formula is C13H15ClFN5. The first-order valence-corrected chi connectivity index (χ1v) is 6.45. The van der Waals surface area contributed by atoms with Crippen LogP contribution in [-0.2, 0) is 0 Å². The van der Waals surface area contributed by atoms with E-state index in [2.05, 4.69) is 20.3 Å². The van der Waals surface area contributed by atoms with Crippen molar-refractivity contribution in [3.8, 4) is 0 Å². The molecule has 1 unspecified atom stereocenters. The van der Waals surface area contributed by atoms with E-state index in [9.17, 15) is 4.39 Å². The summed E-state index contributed by atoms with van der Waals surface area (Å²) in [6, 6.07) is 6.27. The molecule has 0 saturated carbocycles. The van der Waals surface area contributed by atoms with Crippen LogP contribution in [0, 0.1) is 5.82 Å². The number of nitrogens with one attached hydrogen (secondary N) is 1. The zero-order valence-electron chi connectivity index (χ0n) is 11.4. The van der Waals surface area contributed by atoms with Crippen molar-refractivity contribution in [3.63, 3.8) is 0 Å². The molecule has 0 aliphatic rings. The summed E-state index contributed by atoms with van der Waals surface area (Å²) in [5, 5.41) is 3.11. The van der Waals surface area contributed by atoms with Crippen LogP contribution < -0.4 is 10.2 Å². The monoisotopic (exact) mass is 295 g/mol. The van der Waals surface area contributed by atoms with Crippen LogP contribution in [-0.4, -0.2) is 29.0 Å². The van der Waals surface area contributed by atoms with Crippen LogP contribution in [0.5, 0.6) is 0 Å². The van der Waals surface area contributed by atoms with Gasteiger partial charge in [-0.15, -0.1) is 0 Å². The molecule has 20 heavy (non-hydrogen) atoms. The second-order valence-corrected chi connectivity index (χ2v) is 4.85. The zero-order chi connectivity index (χ0) is 14.7. The Labute approximate surface area is 121 Å². The van der Waals surface area contributed by atoms with E-state index in [4.69, 9.17) is 11.6 Å². The van der Waals surface area contributed by atoms with E-state index in [1.54, 1.807) is 37.2 Å². The molecule has 1 heterocycles. The molecule has 1 atom stereocenters. The summed E-state index contributed by atoms with van der Waals surface area (Å²) in [6.45, 7) is 1.82. The summed E-state index contributed by atoms with van der Waals surface area (Å²) < 4.78 is 13.7. The average molecular weight is 296 g/mol. The van der Waals surface area contributed by atoms with Crippen LogP contribution in [0.4, 0.5) is 16.3 Å². The minimum atomic E-state index is -0.287. The Morgan fingerprint density at radius 1 is 1.20 bits per heavy atom. The van der Waals surface area contributed by atoms with E-state index in [0.717, 1.165) is 0 Å². The Kier molecular flexibility index (Phi) is 4.34. The molecule has 1 aromatic heterocycles. The van der Waals surface area contributed by atoms with E-state index in [1.807, 2.05) is 6.92 Å². The Hall–Kier alpha value is -1.95. The molecule has 0 saturated heterocycles. The summed E-state index contributed by atoms with van der Waals surface area (Å²) in [4.78, 5) is 13.9. The lowest BCUT2D eigenvalue weighted by atomic mass is 10.1. The molecule has 2 rings (SSSR count). The minimum absolute atomic E-state index is 0.0898. The molecule has 0 bridgehead atoms. The van der Waals surface area contributed by atoms with Gasteiger partial charge in [0.05, 0.1) is 6.04 Å². The van der Waals surface area contributed by atoms with Crippen molar-refractivity contribution < 1.29 is 4.39 Å². The number of hydrogen-bond donors (Lipinski definition) is 1. The minimum Gasteiger partial charge on any atom is -0.347 e. The van der Waals surface area contributed by atoms with Gasteiger partial charge in [0, 0.05) is 19.7 Å². The molecule has 106 valence electrons. The number of benzene rings is 1. The Bertz CT molecular complexity index is 605. The first kappa shape index (κ1) is 14.5. The maximum Gasteiger partial charge on any atom is 0.230 e.